The van der Waals surface area contributed by atoms with Crippen LogP contribution >= 0.6 is 15.9 Å². The van der Waals surface area contributed by atoms with Crippen molar-refractivity contribution in [1.82, 2.24) is 78.6 Å². The van der Waals surface area contributed by atoms with E-state index in [-0.39, 0.29) is 148 Å². The number of benzene rings is 2. The van der Waals surface area contributed by atoms with Crippen LogP contribution in [0.5, 0.6) is 11.5 Å². The molecule has 134 heavy (non-hydrogen) atoms. The van der Waals surface area contributed by atoms with Crippen molar-refractivity contribution < 1.29 is 95.1 Å². The van der Waals surface area contributed by atoms with E-state index in [1.807, 2.05) is 72.4 Å². The summed E-state index contributed by atoms with van der Waals surface area (Å²) in [6.07, 6.45) is 35.1. The SMILES string of the molecule is C.C.C.COc1ccc(CN2C(=O)c3c(c(=O)c(Br)cn3C)C23CCCCC3)cc1.COc1ccc(CN2C(=O)c3c(c(=O)c(Nc4cc(N)ncn4)cn3C)C23CCCCC3)cc1.Cn1cc(Nc2cc(N)ncn2)c(=O)c2c1C(=O)NC21CCCCC1.Cn1cc(Nc2cc(NC(=O)C3CC3)ncn2)c(=O)c2c1C(=O)NC21CCCCC1.Nc1cc(CC(=O)C2CC2)ncn1.[K+].[OH-]. The maximum absolute atomic E-state index is 13.9. The number of halogens is 1. The minimum absolute atomic E-state index is 0. The molecule has 20 rings (SSSR count). The van der Waals surface area contributed by atoms with Crippen molar-refractivity contribution in [3.05, 3.63) is 230 Å². The van der Waals surface area contributed by atoms with Crippen LogP contribution in [0.25, 0.3) is 0 Å². The first-order chi connectivity index (χ1) is 62.1. The second kappa shape index (κ2) is 43.2. The Hall–Kier alpha value is -11.9. The molecule has 0 radical (unpaired) electrons. The number of rotatable bonds is 17. The van der Waals surface area contributed by atoms with Crippen LogP contribution < -0.4 is 132 Å². The first-order valence-electron chi connectivity index (χ1n) is 44.0. The number of nitrogens with zero attached hydrogens (tertiary/aromatic N) is 14. The van der Waals surface area contributed by atoms with Crippen LogP contribution in [0.15, 0.2) is 147 Å². The number of aryl methyl sites for hydroxylation is 4. The Balaban J connectivity index is 0.000000163. The van der Waals surface area contributed by atoms with Gasteiger partial charge in [-0.15, -0.1) is 0 Å². The number of amides is 5. The summed E-state index contributed by atoms with van der Waals surface area (Å²) in [5.41, 5.74) is 22.2. The molecule has 0 saturated heterocycles. The van der Waals surface area contributed by atoms with E-state index >= 15 is 0 Å². The number of fused-ring (bicyclic) bond motifs is 8. The normalized spacial score (nSPS) is 17.0. The molecule has 2 aromatic carbocycles. The number of ketones is 1. The maximum atomic E-state index is 13.9. The van der Waals surface area contributed by atoms with E-state index in [9.17, 15) is 47.9 Å². The number of anilines is 10. The van der Waals surface area contributed by atoms with Gasteiger partial charge in [0.1, 0.15) is 123 Å². The van der Waals surface area contributed by atoms with E-state index < -0.39 is 22.2 Å². The number of pyridine rings is 4. The van der Waals surface area contributed by atoms with E-state index in [1.165, 1.54) is 25.3 Å². The monoisotopic (exact) mass is 1920 g/mol. The molecular formula is C96H119BrKN23O13. The molecule has 6 saturated carbocycles. The van der Waals surface area contributed by atoms with E-state index in [0.717, 1.165) is 182 Å². The van der Waals surface area contributed by atoms with Gasteiger partial charge in [0.2, 0.25) is 27.6 Å². The van der Waals surface area contributed by atoms with Crippen LogP contribution in [0.1, 0.15) is 257 Å². The molecule has 704 valence electrons. The van der Waals surface area contributed by atoms with Crippen molar-refractivity contribution in [2.24, 2.45) is 40.0 Å². The molecule has 0 bridgehead atoms. The number of hydrogen-bond acceptors (Lipinski definition) is 27. The standard InChI is InChI=1S/C25H28N6O3.C21H23BrN2O3.C21H24N6O3.C17H20N6O2.C9H11N3O.3CH4.K.H2O/c1-30-14-18(29-20-12-19(26)27-15-28-20)23(32)21-22(30)24(33)31(25(21)10-4-3-5-11-25)13-16-6-8-17(34-2)9-7-16;1-23-13-16(22)19(25)17-18(23)20(26)24(21(17)10-4-3-5-11-21)12-14-6-8-15(27-2)9-7-14;1-27-10-13(24-14-9-15(23-11-22-14)25-19(29)12-5-6-12)18(28)16-17(27)20(30)26-21(16)7-3-2-4-8-21;1-23-8-10(21-12-7-11(18)19-9-20-12)15(24)13-14(23)16(25)22-17(13)5-3-2-4-6-17;10-9-4-7(11-5-12-9)3-8(13)6-1-2-6;;;;;/h6-9,12,14-15H,3-5,10-11,13H2,1-2H3,(H3,26,27,28,29);6-9,13H,3-5,10-12H2,1-2H3;9-12H,2-8H2,1H3,(H,26,30)(H2,22,23,24,25,29);7-9H,2-6H2,1H3,(H,22,25)(H3,18,19,20,21);4-6H,1-3H2,(H2,10,11,12);3*1H4;;1H2/q;;;;;;;;+1;/p-1. The van der Waals surface area contributed by atoms with Crippen LogP contribution in [0.3, 0.4) is 0 Å². The summed E-state index contributed by atoms with van der Waals surface area (Å²) in [5, 5.41) is 18.1. The molecule has 10 aromatic rings. The largest absolute Gasteiger partial charge is 1.00 e. The number of nitrogen functional groups attached to an aromatic ring is 3. The molecule has 12 heterocycles. The third-order valence-electron chi connectivity index (χ3n) is 26.4. The van der Waals surface area contributed by atoms with Crippen molar-refractivity contribution in [2.45, 2.75) is 218 Å². The van der Waals surface area contributed by atoms with E-state index in [1.54, 1.807) is 95.6 Å². The van der Waals surface area contributed by atoms with Crippen molar-refractivity contribution in [2.75, 3.05) is 52.7 Å². The number of aromatic nitrogens is 12. The van der Waals surface area contributed by atoms with Crippen LogP contribution in [-0.2, 0) is 79.4 Å². The van der Waals surface area contributed by atoms with E-state index in [0.29, 0.717) is 127 Å². The van der Waals surface area contributed by atoms with Crippen LogP contribution in [0.4, 0.5) is 57.8 Å². The number of nitrogens with one attached hydrogen (secondary N) is 6. The summed E-state index contributed by atoms with van der Waals surface area (Å²) in [6.45, 7) is 0.927. The molecule has 6 fully saturated rings. The van der Waals surface area contributed by atoms with Gasteiger partial charge in [-0.2, -0.15) is 0 Å². The van der Waals surface area contributed by atoms with Gasteiger partial charge in [-0.1, -0.05) is 124 Å². The number of Topliss-reactive ketones (excluding diaryl/α,β-unsaturated/α-hetero) is 1. The Morgan fingerprint density at radius 2 is 0.776 bits per heavy atom. The fourth-order valence-corrected chi connectivity index (χ4v) is 20.3. The first-order valence-corrected chi connectivity index (χ1v) is 44.8. The van der Waals surface area contributed by atoms with Gasteiger partial charge in [0.15, 0.2) is 0 Å². The quantitative estimate of drug-likeness (QED) is 0.0382. The summed E-state index contributed by atoms with van der Waals surface area (Å²) in [4.78, 5) is 165. The number of carbonyl (C=O) groups excluding carboxylic acids is 6. The van der Waals surface area contributed by atoms with Gasteiger partial charge in [-0.05, 0) is 128 Å². The molecule has 4 aliphatic heterocycles. The fraction of sp³-hybridized carbons (Fsp3) is 0.438. The molecule has 36 nitrogen and oxygen atoms in total. The van der Waals surface area contributed by atoms with Gasteiger partial charge >= 0.3 is 51.4 Å². The molecule has 0 atom stereocenters. The smallest absolute Gasteiger partial charge is 0.870 e. The number of methoxy groups -OCH3 is 2. The van der Waals surface area contributed by atoms with Crippen molar-refractivity contribution >= 4 is 109 Å². The molecule has 38 heteroatoms. The Morgan fingerprint density at radius 3 is 1.16 bits per heavy atom. The van der Waals surface area contributed by atoms with Crippen LogP contribution in [0, 0.1) is 11.8 Å². The van der Waals surface area contributed by atoms with Crippen LogP contribution in [-0.4, -0.2) is 123 Å². The number of ether oxygens (including phenoxy) is 2. The van der Waals surface area contributed by atoms with Gasteiger partial charge in [-0.25, -0.2) is 39.9 Å². The Kier molecular flexibility index (Phi) is 33.0. The summed E-state index contributed by atoms with van der Waals surface area (Å²) < 4.78 is 18.0. The molecule has 8 aromatic heterocycles. The van der Waals surface area contributed by atoms with Gasteiger partial charge in [0.25, 0.3) is 23.6 Å². The number of carbonyl (C=O) groups is 6. The minimum atomic E-state index is -0.623. The Morgan fingerprint density at radius 1 is 0.433 bits per heavy atom. The van der Waals surface area contributed by atoms with Gasteiger partial charge in [0.05, 0.1) is 68.8 Å². The molecular weight excluding hydrogens is 1800 g/mol. The predicted octanol–water partition coefficient (Wildman–Crippen LogP) is 10.2. The maximum Gasteiger partial charge on any atom is 1.00 e. The Bertz CT molecular complexity index is 6290. The summed E-state index contributed by atoms with van der Waals surface area (Å²) in [7, 11) is 10.5. The average Bonchev–Trinajstić information content (AvgIpc) is 1.57. The second-order valence-corrected chi connectivity index (χ2v) is 35.9. The van der Waals surface area contributed by atoms with Gasteiger partial charge < -0.3 is 92.1 Å². The summed E-state index contributed by atoms with van der Waals surface area (Å²) in [6, 6.07) is 21.9. The van der Waals surface area contributed by atoms with Crippen LogP contribution in [0.2, 0.25) is 0 Å². The predicted molar refractivity (Wildman–Crippen MR) is 510 cm³/mol. The number of nitrogens with two attached hydrogens (primary N) is 3. The summed E-state index contributed by atoms with van der Waals surface area (Å²) in [5.74, 6) is 4.35. The fourth-order valence-electron chi connectivity index (χ4n) is 19.8. The zero-order valence-electron chi connectivity index (χ0n) is 74.5. The Labute approximate surface area is 828 Å². The topological polar surface area (TPSA) is 499 Å². The molecule has 5 amide bonds. The van der Waals surface area contributed by atoms with Crippen molar-refractivity contribution in [1.29, 1.82) is 0 Å². The van der Waals surface area contributed by atoms with E-state index in [4.69, 9.17) is 26.7 Å². The van der Waals surface area contributed by atoms with Gasteiger partial charge in [-0.3, -0.25) is 47.9 Å². The van der Waals surface area contributed by atoms with E-state index in [2.05, 4.69) is 87.7 Å². The average molecular weight is 1920 g/mol. The molecule has 10 aliphatic rings. The molecule has 6 aliphatic carbocycles. The first kappa shape index (κ1) is 103. The zero-order valence-corrected chi connectivity index (χ0v) is 79.2. The molecule has 4 spiro atoms. The molecule has 13 N–H and O–H groups in total. The summed E-state index contributed by atoms with van der Waals surface area (Å²) >= 11 is 3.40. The third kappa shape index (κ3) is 21.1. The third-order valence-corrected chi connectivity index (χ3v) is 26.9. The number of hydrogen-bond donors (Lipinski definition) is 9. The van der Waals surface area contributed by atoms with Crippen molar-refractivity contribution in [3.63, 3.8) is 0 Å². The molecule has 0 unspecified atom stereocenters. The zero-order chi connectivity index (χ0) is 90.8. The van der Waals surface area contributed by atoms with Gasteiger partial charge in [0, 0.05) is 109 Å². The minimum Gasteiger partial charge on any atom is -0.870 e. The van der Waals surface area contributed by atoms with Crippen molar-refractivity contribution in [3.8, 4) is 11.5 Å². The second-order valence-electron chi connectivity index (χ2n) is 35.1.